The Labute approximate surface area is 183 Å². The molecule has 0 saturated carbocycles. The van der Waals surface area contributed by atoms with Crippen LogP contribution in [-0.4, -0.2) is 29.7 Å². The van der Waals surface area contributed by atoms with Crippen molar-refractivity contribution in [3.63, 3.8) is 0 Å². The lowest BCUT2D eigenvalue weighted by Crippen LogP contribution is -1.96. The third kappa shape index (κ3) is 3.41. The molecule has 6 rings (SSSR count). The number of aromatic amines is 2. The molecule has 3 N–H and O–H groups in total. The number of benzene rings is 2. The van der Waals surface area contributed by atoms with E-state index in [2.05, 4.69) is 66.4 Å². The van der Waals surface area contributed by atoms with Crippen LogP contribution >= 0.6 is 0 Å². The molecule has 7 nitrogen and oxygen atoms in total. The largest absolute Gasteiger partial charge is 0.341 e. The van der Waals surface area contributed by atoms with Crippen molar-refractivity contribution >= 4 is 22.4 Å². The van der Waals surface area contributed by atoms with Gasteiger partial charge < -0.3 is 14.9 Å². The molecule has 0 atom stereocenters. The van der Waals surface area contributed by atoms with E-state index in [1.54, 1.807) is 6.20 Å². The number of fused-ring (bicyclic) bond motifs is 1. The molecule has 0 fully saturated rings. The molecule has 0 spiro atoms. The summed E-state index contributed by atoms with van der Waals surface area (Å²) in [6.07, 6.45) is 9.50. The Hall–Kier alpha value is -4.65. The molecule has 0 bridgehead atoms. The van der Waals surface area contributed by atoms with Crippen molar-refractivity contribution in [1.82, 2.24) is 29.7 Å². The number of nitrogens with one attached hydrogen (secondary N) is 3. The fourth-order valence-corrected chi connectivity index (χ4v) is 3.76. The topological polar surface area (TPSA) is 87.2 Å². The Bertz CT molecular complexity index is 1480. The summed E-state index contributed by atoms with van der Waals surface area (Å²) >= 11 is 0. The Morgan fingerprint density at radius 1 is 0.844 bits per heavy atom. The SMILES string of the molecule is c1ccn(-c2cc3ccc(-c4nccc(Nc5ccc(-c6cn[nH]c6)cc5)n4)cc3[nH]2)c1. The summed E-state index contributed by atoms with van der Waals surface area (Å²) in [4.78, 5) is 12.7. The van der Waals surface area contributed by atoms with Crippen LogP contribution in [0, 0.1) is 0 Å². The van der Waals surface area contributed by atoms with Crippen LogP contribution < -0.4 is 5.32 Å². The lowest BCUT2D eigenvalue weighted by Gasteiger charge is -2.08. The maximum Gasteiger partial charge on any atom is 0.161 e. The van der Waals surface area contributed by atoms with Gasteiger partial charge in [-0.25, -0.2) is 9.97 Å². The second-order valence-electron chi connectivity index (χ2n) is 7.50. The van der Waals surface area contributed by atoms with Gasteiger partial charge in [-0.15, -0.1) is 0 Å². The summed E-state index contributed by atoms with van der Waals surface area (Å²) in [6, 6.07) is 22.4. The van der Waals surface area contributed by atoms with Crippen molar-refractivity contribution in [2.75, 3.05) is 5.32 Å². The highest BCUT2D eigenvalue weighted by Crippen LogP contribution is 2.26. The van der Waals surface area contributed by atoms with Crippen molar-refractivity contribution in [2.24, 2.45) is 0 Å². The van der Waals surface area contributed by atoms with E-state index in [0.717, 1.165) is 44.9 Å². The number of anilines is 2. The minimum atomic E-state index is 0.670. The van der Waals surface area contributed by atoms with Crippen LogP contribution in [0.5, 0.6) is 0 Å². The molecule has 154 valence electrons. The van der Waals surface area contributed by atoms with E-state index < -0.39 is 0 Å². The monoisotopic (exact) mass is 417 g/mol. The van der Waals surface area contributed by atoms with E-state index in [1.165, 1.54) is 0 Å². The van der Waals surface area contributed by atoms with Gasteiger partial charge in [0.2, 0.25) is 0 Å². The number of aromatic nitrogens is 6. The highest BCUT2D eigenvalue weighted by molar-refractivity contribution is 5.86. The quantitative estimate of drug-likeness (QED) is 0.343. The van der Waals surface area contributed by atoms with Crippen molar-refractivity contribution in [3.05, 3.63) is 97.7 Å². The lowest BCUT2D eigenvalue weighted by atomic mass is 10.1. The molecular weight excluding hydrogens is 398 g/mol. The summed E-state index contributed by atoms with van der Waals surface area (Å²) in [5, 5.41) is 11.3. The van der Waals surface area contributed by atoms with Crippen LogP contribution in [0.1, 0.15) is 0 Å². The summed E-state index contributed by atoms with van der Waals surface area (Å²) in [5.41, 5.74) is 5.12. The van der Waals surface area contributed by atoms with E-state index in [9.17, 15) is 0 Å². The van der Waals surface area contributed by atoms with Gasteiger partial charge in [-0.05, 0) is 48.0 Å². The van der Waals surface area contributed by atoms with Crippen LogP contribution in [0.3, 0.4) is 0 Å². The summed E-state index contributed by atoms with van der Waals surface area (Å²) in [7, 11) is 0. The van der Waals surface area contributed by atoms with Crippen LogP contribution in [-0.2, 0) is 0 Å². The van der Waals surface area contributed by atoms with Gasteiger partial charge in [0.05, 0.1) is 6.20 Å². The van der Waals surface area contributed by atoms with E-state index >= 15 is 0 Å². The molecule has 4 aromatic heterocycles. The Balaban J connectivity index is 1.26. The third-order valence-electron chi connectivity index (χ3n) is 5.39. The van der Waals surface area contributed by atoms with E-state index in [1.807, 2.05) is 55.1 Å². The van der Waals surface area contributed by atoms with Crippen LogP contribution in [0.4, 0.5) is 11.5 Å². The second-order valence-corrected chi connectivity index (χ2v) is 7.50. The summed E-state index contributed by atoms with van der Waals surface area (Å²) in [6.45, 7) is 0. The molecular formula is C25H19N7. The Morgan fingerprint density at radius 2 is 1.69 bits per heavy atom. The first-order valence-corrected chi connectivity index (χ1v) is 10.3. The smallest absolute Gasteiger partial charge is 0.161 e. The van der Waals surface area contributed by atoms with Gasteiger partial charge in [0.1, 0.15) is 11.6 Å². The average Bonchev–Trinajstić information content (AvgIpc) is 3.61. The van der Waals surface area contributed by atoms with Crippen molar-refractivity contribution in [3.8, 4) is 28.3 Å². The molecule has 0 unspecified atom stereocenters. The standard InChI is InChI=1S/C25H19N7/c1-2-12-32(11-1)24-14-18-3-4-19(13-22(18)30-24)25-26-10-9-23(31-25)29-21-7-5-17(6-8-21)20-15-27-28-16-20/h1-16,30H,(H,27,28)(H,26,29,31). The third-order valence-corrected chi connectivity index (χ3v) is 5.39. The minimum Gasteiger partial charge on any atom is -0.341 e. The van der Waals surface area contributed by atoms with Gasteiger partial charge in [0, 0.05) is 52.5 Å². The Kier molecular flexibility index (Phi) is 4.28. The average molecular weight is 417 g/mol. The number of nitrogens with zero attached hydrogens (tertiary/aromatic N) is 4. The first-order chi connectivity index (χ1) is 15.8. The van der Waals surface area contributed by atoms with Crippen molar-refractivity contribution in [1.29, 1.82) is 0 Å². The molecule has 0 saturated heterocycles. The first-order valence-electron chi connectivity index (χ1n) is 10.3. The highest BCUT2D eigenvalue weighted by Gasteiger charge is 2.08. The molecule has 32 heavy (non-hydrogen) atoms. The number of hydrogen-bond donors (Lipinski definition) is 3. The molecule has 4 heterocycles. The second kappa shape index (κ2) is 7.55. The van der Waals surface area contributed by atoms with Gasteiger partial charge in [-0.1, -0.05) is 24.3 Å². The molecule has 0 radical (unpaired) electrons. The van der Waals surface area contributed by atoms with E-state index in [4.69, 9.17) is 4.98 Å². The predicted molar refractivity (Wildman–Crippen MR) is 126 cm³/mol. The molecule has 2 aromatic carbocycles. The summed E-state index contributed by atoms with van der Waals surface area (Å²) in [5.74, 6) is 2.44. The lowest BCUT2D eigenvalue weighted by molar-refractivity contribution is 1.03. The van der Waals surface area contributed by atoms with Gasteiger partial charge in [0.15, 0.2) is 5.82 Å². The van der Waals surface area contributed by atoms with E-state index in [0.29, 0.717) is 5.82 Å². The van der Waals surface area contributed by atoms with E-state index in [-0.39, 0.29) is 0 Å². The maximum atomic E-state index is 4.72. The molecule has 0 amide bonds. The molecule has 0 aliphatic rings. The van der Waals surface area contributed by atoms with Gasteiger partial charge in [-0.3, -0.25) is 5.10 Å². The molecule has 0 aliphatic carbocycles. The van der Waals surface area contributed by atoms with Crippen LogP contribution in [0.25, 0.3) is 39.2 Å². The van der Waals surface area contributed by atoms with Gasteiger partial charge in [-0.2, -0.15) is 5.10 Å². The fourth-order valence-electron chi connectivity index (χ4n) is 3.76. The minimum absolute atomic E-state index is 0.670. The van der Waals surface area contributed by atoms with Gasteiger partial charge in [0.25, 0.3) is 0 Å². The fraction of sp³-hybridized carbons (Fsp3) is 0. The van der Waals surface area contributed by atoms with Crippen LogP contribution in [0.15, 0.2) is 97.7 Å². The highest BCUT2D eigenvalue weighted by atomic mass is 15.1. The normalized spacial score (nSPS) is 11.1. The molecule has 0 aliphatic heterocycles. The first kappa shape index (κ1) is 18.1. The van der Waals surface area contributed by atoms with Crippen molar-refractivity contribution in [2.45, 2.75) is 0 Å². The zero-order valence-electron chi connectivity index (χ0n) is 17.0. The number of H-pyrrole nitrogens is 2. The zero-order valence-corrected chi connectivity index (χ0v) is 17.0. The predicted octanol–water partition coefficient (Wildman–Crippen LogP) is 5.55. The van der Waals surface area contributed by atoms with Crippen molar-refractivity contribution < 1.29 is 0 Å². The van der Waals surface area contributed by atoms with Gasteiger partial charge >= 0.3 is 0 Å². The maximum absolute atomic E-state index is 4.72. The number of hydrogen-bond acceptors (Lipinski definition) is 4. The number of rotatable bonds is 5. The molecule has 6 aromatic rings. The Morgan fingerprint density at radius 3 is 2.50 bits per heavy atom. The van der Waals surface area contributed by atoms with Crippen LogP contribution in [0.2, 0.25) is 0 Å². The zero-order chi connectivity index (χ0) is 21.3. The molecule has 7 heteroatoms. The summed E-state index contributed by atoms with van der Waals surface area (Å²) < 4.78 is 2.05.